The van der Waals surface area contributed by atoms with Crippen LogP contribution < -0.4 is 14.8 Å². The molecule has 31 heavy (non-hydrogen) atoms. The minimum absolute atomic E-state index is 0.110. The molecule has 0 aliphatic rings. The van der Waals surface area contributed by atoms with Gasteiger partial charge in [0.1, 0.15) is 16.4 Å². The highest BCUT2D eigenvalue weighted by atomic mass is 32.2. The van der Waals surface area contributed by atoms with E-state index >= 15 is 0 Å². The number of methoxy groups -OCH3 is 1. The first-order valence-corrected chi connectivity index (χ1v) is 11.6. The lowest BCUT2D eigenvalue weighted by molar-refractivity contribution is 0.0948. The zero-order valence-electron chi connectivity index (χ0n) is 16.7. The van der Waals surface area contributed by atoms with Gasteiger partial charge in [-0.1, -0.05) is 12.1 Å². The molecule has 1 amide bonds. The Kier molecular flexibility index (Phi) is 5.77. The van der Waals surface area contributed by atoms with Gasteiger partial charge in [0.25, 0.3) is 5.91 Å². The van der Waals surface area contributed by atoms with Crippen LogP contribution in [-0.4, -0.2) is 33.5 Å². The summed E-state index contributed by atoms with van der Waals surface area (Å²) in [5, 5.41) is 3.50. The summed E-state index contributed by atoms with van der Waals surface area (Å²) in [6, 6.07) is 15.6. The quantitative estimate of drug-likeness (QED) is 0.440. The van der Waals surface area contributed by atoms with E-state index in [0.717, 1.165) is 15.2 Å². The van der Waals surface area contributed by atoms with Crippen molar-refractivity contribution >= 4 is 37.5 Å². The minimum Gasteiger partial charge on any atom is -0.495 e. The van der Waals surface area contributed by atoms with E-state index in [2.05, 4.69) is 15.0 Å². The van der Waals surface area contributed by atoms with Gasteiger partial charge in [-0.2, -0.15) is 0 Å². The van der Waals surface area contributed by atoms with Crippen LogP contribution in [0, 0.1) is 0 Å². The average Bonchev–Trinajstić information content (AvgIpc) is 3.43. The molecule has 2 aromatic carbocycles. The number of para-hydroxylation sites is 1. The molecule has 0 atom stereocenters. The van der Waals surface area contributed by atoms with Crippen LogP contribution in [0.25, 0.3) is 21.0 Å². The second-order valence-electron chi connectivity index (χ2n) is 6.51. The number of nitrogens with one attached hydrogen (secondary N) is 2. The van der Waals surface area contributed by atoms with E-state index in [1.807, 2.05) is 30.3 Å². The number of rotatable bonds is 7. The van der Waals surface area contributed by atoms with E-state index in [-0.39, 0.29) is 22.8 Å². The Morgan fingerprint density at radius 3 is 2.71 bits per heavy atom. The Labute approximate surface area is 182 Å². The van der Waals surface area contributed by atoms with Gasteiger partial charge in [0.05, 0.1) is 23.9 Å². The van der Waals surface area contributed by atoms with Gasteiger partial charge in [0.2, 0.25) is 10.0 Å². The van der Waals surface area contributed by atoms with Crippen molar-refractivity contribution in [1.29, 1.82) is 0 Å². The number of amides is 1. The molecular weight excluding hydrogens is 438 g/mol. The summed E-state index contributed by atoms with van der Waals surface area (Å²) >= 11 is 1.53. The summed E-state index contributed by atoms with van der Waals surface area (Å²) in [6.45, 7) is 0.143. The number of sulfonamides is 1. The number of carbonyl (C=O) groups is 1. The molecular formula is C21H19N3O5S2. The third-order valence-electron chi connectivity index (χ3n) is 4.57. The number of carbonyl (C=O) groups excluding carboxylic acids is 1. The van der Waals surface area contributed by atoms with Crippen LogP contribution in [0.1, 0.15) is 16.1 Å². The summed E-state index contributed by atoms with van der Waals surface area (Å²) in [5.74, 6) is 0.891. The highest BCUT2D eigenvalue weighted by molar-refractivity contribution is 7.89. The first-order valence-electron chi connectivity index (χ1n) is 9.25. The summed E-state index contributed by atoms with van der Waals surface area (Å²) in [5.41, 5.74) is 1.09. The number of ether oxygens (including phenoxy) is 1. The van der Waals surface area contributed by atoms with E-state index in [9.17, 15) is 13.2 Å². The van der Waals surface area contributed by atoms with Crippen molar-refractivity contribution in [2.45, 2.75) is 11.4 Å². The van der Waals surface area contributed by atoms with Crippen molar-refractivity contribution in [1.82, 2.24) is 15.0 Å². The zero-order chi connectivity index (χ0) is 22.0. The third kappa shape index (κ3) is 4.31. The first-order chi connectivity index (χ1) is 14.9. The molecule has 4 rings (SSSR count). The Balaban J connectivity index is 1.49. The normalized spacial score (nSPS) is 11.5. The van der Waals surface area contributed by atoms with E-state index in [4.69, 9.17) is 9.15 Å². The molecule has 0 saturated heterocycles. The van der Waals surface area contributed by atoms with Crippen molar-refractivity contribution in [2.24, 2.45) is 0 Å². The summed E-state index contributed by atoms with van der Waals surface area (Å²) in [7, 11) is -1.12. The number of benzene rings is 2. The third-order valence-corrected chi connectivity index (χ3v) is 7.06. The van der Waals surface area contributed by atoms with E-state index in [1.54, 1.807) is 6.07 Å². The molecule has 8 nitrogen and oxygen atoms in total. The van der Waals surface area contributed by atoms with Crippen molar-refractivity contribution < 1.29 is 22.4 Å². The molecule has 0 aliphatic heterocycles. The van der Waals surface area contributed by atoms with Crippen LogP contribution in [0.2, 0.25) is 0 Å². The number of thiazole rings is 1. The molecule has 0 unspecified atom stereocenters. The molecule has 2 aromatic heterocycles. The van der Waals surface area contributed by atoms with Gasteiger partial charge in [0.15, 0.2) is 10.8 Å². The minimum atomic E-state index is -3.78. The average molecular weight is 458 g/mol. The predicted octanol–water partition coefficient (Wildman–Crippen LogP) is 3.40. The standard InChI is InChI=1S/C21H19N3O5S2/c1-22-31(26,27)19-11-13(7-9-16(19)28-2)20(25)23-12-14-8-10-17(29-14)21-24-15-5-3-4-6-18(15)30-21/h3-11,22H,12H2,1-2H3,(H,23,25). The molecule has 160 valence electrons. The Hall–Kier alpha value is -3.21. The molecule has 0 fully saturated rings. The Morgan fingerprint density at radius 2 is 1.97 bits per heavy atom. The number of aromatic nitrogens is 1. The fourth-order valence-electron chi connectivity index (χ4n) is 2.97. The van der Waals surface area contributed by atoms with Crippen LogP contribution in [0.15, 0.2) is 63.9 Å². The lowest BCUT2D eigenvalue weighted by Gasteiger charge is -2.11. The molecule has 0 bridgehead atoms. The summed E-state index contributed by atoms with van der Waals surface area (Å²) in [4.78, 5) is 17.0. The van der Waals surface area contributed by atoms with Crippen LogP contribution in [0.5, 0.6) is 5.75 Å². The lowest BCUT2D eigenvalue weighted by atomic mass is 10.2. The SMILES string of the molecule is CNS(=O)(=O)c1cc(C(=O)NCc2ccc(-c3nc4ccccc4s3)o2)ccc1OC. The highest BCUT2D eigenvalue weighted by Gasteiger charge is 2.20. The Morgan fingerprint density at radius 1 is 1.16 bits per heavy atom. The maximum absolute atomic E-state index is 12.6. The largest absolute Gasteiger partial charge is 0.495 e. The molecule has 0 aliphatic carbocycles. The van der Waals surface area contributed by atoms with Gasteiger partial charge in [-0.15, -0.1) is 11.3 Å². The van der Waals surface area contributed by atoms with E-state index in [0.29, 0.717) is 11.5 Å². The lowest BCUT2D eigenvalue weighted by Crippen LogP contribution is -2.24. The maximum Gasteiger partial charge on any atom is 0.251 e. The number of fused-ring (bicyclic) bond motifs is 1. The molecule has 0 spiro atoms. The Bertz CT molecular complexity index is 1330. The zero-order valence-corrected chi connectivity index (χ0v) is 18.3. The molecule has 4 aromatic rings. The van der Waals surface area contributed by atoms with Crippen LogP contribution in [-0.2, 0) is 16.6 Å². The molecule has 2 N–H and O–H groups in total. The molecule has 0 saturated carbocycles. The molecule has 0 radical (unpaired) electrons. The fourth-order valence-corrected chi connectivity index (χ4v) is 4.82. The van der Waals surface area contributed by atoms with Crippen LogP contribution in [0.4, 0.5) is 0 Å². The van der Waals surface area contributed by atoms with Crippen LogP contribution in [0.3, 0.4) is 0 Å². The van der Waals surface area contributed by atoms with Gasteiger partial charge < -0.3 is 14.5 Å². The number of hydrogen-bond acceptors (Lipinski definition) is 7. The fraction of sp³-hybridized carbons (Fsp3) is 0.143. The van der Waals surface area contributed by atoms with Crippen molar-refractivity contribution in [2.75, 3.05) is 14.2 Å². The summed E-state index contributed by atoms with van der Waals surface area (Å²) < 4.78 is 38.6. The highest BCUT2D eigenvalue weighted by Crippen LogP contribution is 2.31. The van der Waals surface area contributed by atoms with Gasteiger partial charge in [-0.05, 0) is 49.5 Å². The first kappa shape index (κ1) is 21.0. The maximum atomic E-state index is 12.6. The van der Waals surface area contributed by atoms with Gasteiger partial charge in [-0.25, -0.2) is 18.1 Å². The number of nitrogens with zero attached hydrogens (tertiary/aromatic N) is 1. The predicted molar refractivity (Wildman–Crippen MR) is 118 cm³/mol. The van der Waals surface area contributed by atoms with Crippen molar-refractivity contribution in [3.05, 3.63) is 65.9 Å². The smallest absolute Gasteiger partial charge is 0.251 e. The second kappa shape index (κ2) is 8.50. The van der Waals surface area contributed by atoms with Crippen LogP contribution >= 0.6 is 11.3 Å². The van der Waals surface area contributed by atoms with Gasteiger partial charge >= 0.3 is 0 Å². The van der Waals surface area contributed by atoms with Gasteiger partial charge in [0, 0.05) is 5.56 Å². The number of furan rings is 1. The number of hydrogen-bond donors (Lipinski definition) is 2. The van der Waals surface area contributed by atoms with Gasteiger partial charge in [-0.3, -0.25) is 4.79 Å². The topological polar surface area (TPSA) is 111 Å². The van der Waals surface area contributed by atoms with Crippen molar-refractivity contribution in [3.8, 4) is 16.5 Å². The monoisotopic (exact) mass is 457 g/mol. The van der Waals surface area contributed by atoms with Crippen molar-refractivity contribution in [3.63, 3.8) is 0 Å². The van der Waals surface area contributed by atoms with E-state index < -0.39 is 15.9 Å². The molecule has 2 heterocycles. The summed E-state index contributed by atoms with van der Waals surface area (Å²) in [6.07, 6.45) is 0. The second-order valence-corrected chi connectivity index (χ2v) is 9.39. The molecule has 10 heteroatoms. The van der Waals surface area contributed by atoms with E-state index in [1.165, 1.54) is 43.7 Å².